The number of rotatable bonds is 9. The molecule has 4 N–H and O–H groups in total. The molecule has 8 aliphatic carbocycles. The second-order valence-electron chi connectivity index (χ2n) is 29.3. The Labute approximate surface area is 542 Å². The molecule has 16 unspecified atom stereocenters. The lowest BCUT2D eigenvalue weighted by molar-refractivity contribution is -0.210. The van der Waals surface area contributed by atoms with Gasteiger partial charge in [0.25, 0.3) is 0 Å². The third-order valence-electron chi connectivity index (χ3n) is 25.4. The van der Waals surface area contributed by atoms with Crippen LogP contribution in [0.3, 0.4) is 0 Å². The molecule has 3 fully saturated rings. The number of aliphatic hydroxyl groups is 4. The first-order chi connectivity index (χ1) is 45.5. The van der Waals surface area contributed by atoms with E-state index in [0.717, 1.165) is 44.1 Å². The van der Waals surface area contributed by atoms with Gasteiger partial charge in [0.15, 0.2) is 17.8 Å². The average molecular weight is 1250 g/mol. The smallest absolute Gasteiger partial charge is 0.340 e. The number of aliphatic hydroxyl groups excluding tert-OH is 4. The molecule has 6 aromatic rings. The number of allylic oxidation sites excluding steroid dienone is 5. The van der Waals surface area contributed by atoms with Crippen LogP contribution in [0.15, 0.2) is 154 Å². The first-order valence-electron chi connectivity index (χ1n) is 34.6. The molecule has 12 heteroatoms. The summed E-state index contributed by atoms with van der Waals surface area (Å²) in [6.45, 7) is -0.262. The number of carbonyl (C=O) groups excluding carboxylic acids is 2. The Morgan fingerprint density at radius 3 is 2.45 bits per heavy atom. The molecule has 0 amide bonds. The van der Waals surface area contributed by atoms with Gasteiger partial charge in [-0.1, -0.05) is 140 Å². The molecule has 4 heterocycles. The molecule has 478 valence electrons. The monoisotopic (exact) mass is 1250 g/mol. The molecule has 93 heavy (non-hydrogen) atoms. The summed E-state index contributed by atoms with van der Waals surface area (Å²) in [4.78, 5) is 47.3. The predicted molar refractivity (Wildman–Crippen MR) is 353 cm³/mol. The van der Waals surface area contributed by atoms with E-state index in [1.54, 1.807) is 13.0 Å². The van der Waals surface area contributed by atoms with E-state index in [1.165, 1.54) is 62.9 Å². The largest absolute Gasteiger partial charge is 0.482 e. The fourth-order valence-corrected chi connectivity index (χ4v) is 21.6. The summed E-state index contributed by atoms with van der Waals surface area (Å²) >= 11 is 0. The first kappa shape index (κ1) is 59.3. The normalized spacial score (nSPS) is 33.8. The van der Waals surface area contributed by atoms with Gasteiger partial charge in [-0.2, -0.15) is 0 Å². The van der Waals surface area contributed by atoms with Crippen molar-refractivity contribution in [3.63, 3.8) is 0 Å². The minimum Gasteiger partial charge on any atom is -0.482 e. The van der Waals surface area contributed by atoms with E-state index in [0.29, 0.717) is 59.8 Å². The summed E-state index contributed by atoms with van der Waals surface area (Å²) in [5.41, 5.74) is 11.6. The maximum atomic E-state index is 16.3. The Hall–Kier alpha value is -7.45. The molecule has 2 spiro atoms. The Morgan fingerprint density at radius 1 is 0.763 bits per heavy atom. The molecule has 1 saturated heterocycles. The van der Waals surface area contributed by atoms with Gasteiger partial charge in [-0.3, -0.25) is 4.79 Å². The maximum Gasteiger partial charge on any atom is 0.340 e. The summed E-state index contributed by atoms with van der Waals surface area (Å²) in [6, 6.07) is 35.5. The SMILES string of the molecule is CC(CO)=C1CC2CCC3CC45C=CCC6(Oc7ccc8c(CO)c(C(CCO)COCO)c(=O)oc8c7C(OC(=O)CC7CC(c8cccc9c8CCC8CCCC%10C=Cc%11ccccc%11C9%108)C=CC7c7ccc2c3c7)C6OC1=O)C4CC1c2ccccc2C=CC15. The summed E-state index contributed by atoms with van der Waals surface area (Å²) in [7, 11) is 0. The van der Waals surface area contributed by atoms with Crippen molar-refractivity contribution in [3.8, 4) is 5.75 Å². The fourth-order valence-electron chi connectivity index (χ4n) is 21.6. The molecule has 8 bridgehead atoms. The van der Waals surface area contributed by atoms with Gasteiger partial charge in [-0.25, -0.2) is 9.59 Å². The van der Waals surface area contributed by atoms with Crippen molar-refractivity contribution in [1.82, 2.24) is 0 Å². The highest BCUT2D eigenvalue weighted by Crippen LogP contribution is 2.71. The lowest BCUT2D eigenvalue weighted by atomic mass is 9.48. The standard InChI is InChI=1S/C81H82O12/c1-45(41-83)62-36-50-17-18-51-40-79-32-8-33-80(70(79)39-64-57-13-4-2-9-46(57)22-29-67(64)79)76(92-77(62)87)75(73-69(93-80)30-28-61-65(42-84)72(78(88)91-74(61)73)52(31-34-82)43-89-44-85)90-71(86)38-53-35-48(20-25-56(53)49-21-26-59(50)63(51)37-49)58-14-7-16-68-60(58)27-24-55-12-6-11-54-23-19-47-10-3-5-15-66(47)81(54,55)68/h2-5,7-10,13-16,19-23,25-26,28-30,32,37,48,50-56,64,67,70,75-76,82-85H,6,11-12,17-18,24,27,31,33-36,38-44H2,1H3. The lowest BCUT2D eigenvalue weighted by Gasteiger charge is -2.56. The second kappa shape index (κ2) is 22.9. The Kier molecular flexibility index (Phi) is 14.6. The highest BCUT2D eigenvalue weighted by molar-refractivity contribution is 5.91. The van der Waals surface area contributed by atoms with Gasteiger partial charge in [-0.15, -0.1) is 0 Å². The van der Waals surface area contributed by atoms with Crippen LogP contribution in [-0.2, 0) is 42.2 Å². The second-order valence-corrected chi connectivity index (χ2v) is 29.3. The number of ether oxygens (including phenoxy) is 4. The van der Waals surface area contributed by atoms with Gasteiger partial charge in [0.1, 0.15) is 18.1 Å². The van der Waals surface area contributed by atoms with E-state index in [9.17, 15) is 25.2 Å². The number of benzene rings is 5. The van der Waals surface area contributed by atoms with E-state index in [2.05, 4.69) is 134 Å². The van der Waals surface area contributed by atoms with Crippen molar-refractivity contribution in [2.24, 2.45) is 35.0 Å². The van der Waals surface area contributed by atoms with Crippen LogP contribution in [0.2, 0.25) is 0 Å². The zero-order valence-electron chi connectivity index (χ0n) is 52.9. The average Bonchev–Trinajstić information content (AvgIpc) is 1.65. The van der Waals surface area contributed by atoms with Crippen LogP contribution < -0.4 is 10.4 Å². The highest BCUT2D eigenvalue weighted by Gasteiger charge is 2.70. The Morgan fingerprint density at radius 2 is 1.59 bits per heavy atom. The number of hydrogen-bond acceptors (Lipinski definition) is 12. The third kappa shape index (κ3) is 8.89. The maximum absolute atomic E-state index is 16.3. The van der Waals surface area contributed by atoms with Crippen molar-refractivity contribution < 1.29 is 53.4 Å². The van der Waals surface area contributed by atoms with Crippen LogP contribution >= 0.6 is 0 Å². The van der Waals surface area contributed by atoms with Gasteiger partial charge in [0, 0.05) is 70.5 Å². The zero-order valence-corrected chi connectivity index (χ0v) is 52.9. The van der Waals surface area contributed by atoms with Crippen LogP contribution in [0.4, 0.5) is 0 Å². The Balaban J connectivity index is 0.885. The van der Waals surface area contributed by atoms with Gasteiger partial charge in [0.05, 0.1) is 25.4 Å². The van der Waals surface area contributed by atoms with E-state index in [-0.39, 0.29) is 108 Å². The van der Waals surface area contributed by atoms with E-state index in [4.69, 9.17) is 23.4 Å². The topological polar surface area (TPSA) is 182 Å². The molecule has 5 aromatic carbocycles. The van der Waals surface area contributed by atoms with Crippen molar-refractivity contribution in [3.05, 3.63) is 227 Å². The van der Waals surface area contributed by atoms with Crippen LogP contribution in [0.25, 0.3) is 23.1 Å². The third-order valence-corrected chi connectivity index (χ3v) is 25.4. The quantitative estimate of drug-likeness (QED) is 0.0354. The summed E-state index contributed by atoms with van der Waals surface area (Å²) in [6.07, 6.45) is 26.6. The van der Waals surface area contributed by atoms with E-state index < -0.39 is 60.1 Å². The van der Waals surface area contributed by atoms with Crippen molar-refractivity contribution in [2.75, 3.05) is 26.6 Å². The Bertz CT molecular complexity index is 4280. The van der Waals surface area contributed by atoms with Crippen molar-refractivity contribution in [1.29, 1.82) is 0 Å². The minimum absolute atomic E-state index is 0.00581. The van der Waals surface area contributed by atoms with Crippen LogP contribution in [0.5, 0.6) is 5.75 Å². The zero-order chi connectivity index (χ0) is 63.1. The molecule has 12 nitrogen and oxygen atoms in total. The molecular formula is C81H82O12. The molecule has 16 atom stereocenters. The molecule has 3 aliphatic heterocycles. The fraction of sp³-hybridized carbons (Fsp3) is 0.444. The number of esters is 2. The van der Waals surface area contributed by atoms with Gasteiger partial charge in [0.2, 0.25) is 0 Å². The molecule has 11 aliphatic rings. The number of fused-ring (bicyclic) bond motifs is 15. The van der Waals surface area contributed by atoms with Crippen LogP contribution in [0, 0.1) is 35.0 Å². The minimum atomic E-state index is -1.41. The van der Waals surface area contributed by atoms with Crippen molar-refractivity contribution in [2.45, 2.75) is 162 Å². The van der Waals surface area contributed by atoms with E-state index >= 15 is 9.59 Å². The summed E-state index contributed by atoms with van der Waals surface area (Å²) < 4.78 is 34.6. The van der Waals surface area contributed by atoms with E-state index in [1.807, 2.05) is 6.07 Å². The van der Waals surface area contributed by atoms with Crippen molar-refractivity contribution >= 4 is 35.1 Å². The van der Waals surface area contributed by atoms with Gasteiger partial charge >= 0.3 is 17.6 Å². The molecule has 0 radical (unpaired) electrons. The number of carbonyl (C=O) groups is 2. The van der Waals surface area contributed by atoms with Gasteiger partial charge < -0.3 is 43.8 Å². The molecule has 17 rings (SSSR count). The summed E-state index contributed by atoms with van der Waals surface area (Å²) in [5.74, 6) is -1.31. The highest BCUT2D eigenvalue weighted by atomic mass is 16.6. The lowest BCUT2D eigenvalue weighted by Crippen LogP contribution is -2.64. The molecule has 2 saturated carbocycles. The number of hydrogen-bond donors (Lipinski definition) is 4. The van der Waals surface area contributed by atoms with Crippen LogP contribution in [0.1, 0.15) is 204 Å². The van der Waals surface area contributed by atoms with Crippen LogP contribution in [-0.4, -0.2) is 70.7 Å². The van der Waals surface area contributed by atoms with Gasteiger partial charge in [-0.05, 0) is 198 Å². The molecule has 1 aromatic heterocycles. The summed E-state index contributed by atoms with van der Waals surface area (Å²) in [5, 5.41) is 43.0. The predicted octanol–water partition coefficient (Wildman–Crippen LogP) is 14.0. The first-order valence-corrected chi connectivity index (χ1v) is 34.6. The molecular weight excluding hydrogens is 1160 g/mol.